The third-order valence-electron chi connectivity index (χ3n) is 3.59. The Labute approximate surface area is 122 Å². The Morgan fingerprint density at radius 3 is 3.05 bits per heavy atom. The molecule has 2 atom stereocenters. The Balaban J connectivity index is 2.08. The van der Waals surface area contributed by atoms with Crippen LogP contribution in [0.5, 0.6) is 0 Å². The highest BCUT2D eigenvalue weighted by Gasteiger charge is 2.26. The van der Waals surface area contributed by atoms with Crippen molar-refractivity contribution in [1.82, 2.24) is 10.2 Å². The molecule has 1 N–H and O–H groups in total. The first-order chi connectivity index (χ1) is 9.11. The summed E-state index contributed by atoms with van der Waals surface area (Å²) in [6.45, 7) is 2.62. The summed E-state index contributed by atoms with van der Waals surface area (Å²) in [5.41, 5.74) is 0.969. The van der Waals surface area contributed by atoms with Gasteiger partial charge in [0, 0.05) is 19.1 Å². The van der Waals surface area contributed by atoms with E-state index in [2.05, 4.69) is 33.2 Å². The minimum atomic E-state index is -0.214. The number of rotatable bonds is 4. The van der Waals surface area contributed by atoms with Gasteiger partial charge in [0.2, 0.25) is 0 Å². The number of ether oxygens (including phenoxy) is 1. The first kappa shape index (κ1) is 14.9. The average molecular weight is 331 g/mol. The first-order valence-electron chi connectivity index (χ1n) is 6.52. The third kappa shape index (κ3) is 3.75. The number of hydrogen-bond acceptors (Lipinski definition) is 3. The minimum absolute atomic E-state index is 0.138. The van der Waals surface area contributed by atoms with E-state index in [-0.39, 0.29) is 18.0 Å². The van der Waals surface area contributed by atoms with Crippen LogP contribution in [0.25, 0.3) is 0 Å². The van der Waals surface area contributed by atoms with Gasteiger partial charge in [-0.1, -0.05) is 12.1 Å². The molecule has 2 rings (SSSR count). The Bertz CT molecular complexity index is 430. The number of morpholine rings is 1. The van der Waals surface area contributed by atoms with Gasteiger partial charge in [0.25, 0.3) is 0 Å². The SMILES string of the molecule is CNC(Cc1cccc(F)c1Br)C1CN(C)CCO1. The highest BCUT2D eigenvalue weighted by molar-refractivity contribution is 9.10. The molecule has 0 spiro atoms. The topological polar surface area (TPSA) is 24.5 Å². The summed E-state index contributed by atoms with van der Waals surface area (Å²) in [6.07, 6.45) is 0.881. The Hall–Kier alpha value is -0.490. The molecule has 19 heavy (non-hydrogen) atoms. The largest absolute Gasteiger partial charge is 0.374 e. The maximum atomic E-state index is 13.5. The van der Waals surface area contributed by atoms with Gasteiger partial charge < -0.3 is 15.0 Å². The highest BCUT2D eigenvalue weighted by atomic mass is 79.9. The van der Waals surface area contributed by atoms with Gasteiger partial charge in [-0.25, -0.2) is 4.39 Å². The van der Waals surface area contributed by atoms with Crippen molar-refractivity contribution in [2.24, 2.45) is 0 Å². The third-order valence-corrected chi connectivity index (χ3v) is 4.48. The van der Waals surface area contributed by atoms with Crippen molar-refractivity contribution >= 4 is 15.9 Å². The van der Waals surface area contributed by atoms with E-state index in [4.69, 9.17) is 4.74 Å². The molecule has 1 aliphatic rings. The van der Waals surface area contributed by atoms with Crippen LogP contribution in [0.1, 0.15) is 5.56 Å². The zero-order chi connectivity index (χ0) is 13.8. The minimum Gasteiger partial charge on any atom is -0.374 e. The van der Waals surface area contributed by atoms with E-state index >= 15 is 0 Å². The summed E-state index contributed by atoms with van der Waals surface area (Å²) in [4.78, 5) is 2.26. The molecule has 0 aliphatic carbocycles. The lowest BCUT2D eigenvalue weighted by atomic mass is 10.00. The summed E-state index contributed by atoms with van der Waals surface area (Å²) >= 11 is 3.32. The second kappa shape index (κ2) is 6.79. The van der Waals surface area contributed by atoms with Crippen LogP contribution in [-0.4, -0.2) is 50.8 Å². The van der Waals surface area contributed by atoms with Crippen molar-refractivity contribution in [3.63, 3.8) is 0 Å². The molecule has 1 saturated heterocycles. The molecule has 1 aliphatic heterocycles. The molecule has 0 amide bonds. The summed E-state index contributed by atoms with van der Waals surface area (Å²) in [6, 6.07) is 5.34. The quantitative estimate of drug-likeness (QED) is 0.914. The van der Waals surface area contributed by atoms with Crippen LogP contribution in [0.3, 0.4) is 0 Å². The van der Waals surface area contributed by atoms with Gasteiger partial charge in [-0.15, -0.1) is 0 Å². The predicted octanol–water partition coefficient (Wildman–Crippen LogP) is 2.05. The van der Waals surface area contributed by atoms with Gasteiger partial charge in [0.15, 0.2) is 0 Å². The second-order valence-corrected chi connectivity index (χ2v) is 5.78. The summed E-state index contributed by atoms with van der Waals surface area (Å²) in [5, 5.41) is 3.29. The molecule has 0 saturated carbocycles. The normalized spacial score (nSPS) is 22.4. The lowest BCUT2D eigenvalue weighted by Crippen LogP contribution is -2.51. The van der Waals surface area contributed by atoms with E-state index in [1.165, 1.54) is 6.07 Å². The number of nitrogens with zero attached hydrogens (tertiary/aromatic N) is 1. The van der Waals surface area contributed by atoms with Gasteiger partial charge in [0.1, 0.15) is 5.82 Å². The van der Waals surface area contributed by atoms with Gasteiger partial charge in [0.05, 0.1) is 17.2 Å². The molecule has 0 aromatic heterocycles. The van der Waals surface area contributed by atoms with Crippen molar-refractivity contribution in [3.8, 4) is 0 Å². The number of nitrogens with one attached hydrogen (secondary N) is 1. The van der Waals surface area contributed by atoms with Crippen molar-refractivity contribution in [2.75, 3.05) is 33.8 Å². The van der Waals surface area contributed by atoms with E-state index < -0.39 is 0 Å². The Kier molecular flexibility index (Phi) is 5.33. The lowest BCUT2D eigenvalue weighted by Gasteiger charge is -2.35. The summed E-state index contributed by atoms with van der Waals surface area (Å²) < 4.78 is 19.9. The fraction of sp³-hybridized carbons (Fsp3) is 0.571. The smallest absolute Gasteiger partial charge is 0.137 e. The van der Waals surface area contributed by atoms with Gasteiger partial charge in [-0.2, -0.15) is 0 Å². The van der Waals surface area contributed by atoms with Crippen molar-refractivity contribution < 1.29 is 9.13 Å². The van der Waals surface area contributed by atoms with E-state index in [9.17, 15) is 4.39 Å². The fourth-order valence-electron chi connectivity index (χ4n) is 2.42. The van der Waals surface area contributed by atoms with Gasteiger partial charge >= 0.3 is 0 Å². The molecule has 106 valence electrons. The van der Waals surface area contributed by atoms with Crippen LogP contribution in [0.2, 0.25) is 0 Å². The van der Waals surface area contributed by atoms with Crippen molar-refractivity contribution in [2.45, 2.75) is 18.6 Å². The number of halogens is 2. The van der Waals surface area contributed by atoms with Crippen molar-refractivity contribution in [1.29, 1.82) is 0 Å². The zero-order valence-electron chi connectivity index (χ0n) is 11.3. The van der Waals surface area contributed by atoms with Crippen LogP contribution < -0.4 is 5.32 Å². The van der Waals surface area contributed by atoms with Crippen LogP contribution in [-0.2, 0) is 11.2 Å². The zero-order valence-corrected chi connectivity index (χ0v) is 12.9. The van der Waals surface area contributed by atoms with E-state index in [0.29, 0.717) is 4.47 Å². The van der Waals surface area contributed by atoms with Crippen LogP contribution >= 0.6 is 15.9 Å². The molecule has 0 radical (unpaired) electrons. The molecule has 1 aromatic rings. The van der Waals surface area contributed by atoms with E-state index in [1.54, 1.807) is 6.07 Å². The maximum absolute atomic E-state index is 13.5. The molecule has 5 heteroatoms. The second-order valence-electron chi connectivity index (χ2n) is 4.98. The van der Waals surface area contributed by atoms with E-state index in [1.807, 2.05) is 13.1 Å². The van der Waals surface area contributed by atoms with Crippen molar-refractivity contribution in [3.05, 3.63) is 34.1 Å². The number of likely N-dealkylation sites (N-methyl/N-ethyl adjacent to an activating group) is 2. The van der Waals surface area contributed by atoms with Crippen LogP contribution in [0.15, 0.2) is 22.7 Å². The summed E-state index contributed by atoms with van der Waals surface area (Å²) in [7, 11) is 4.02. The fourth-order valence-corrected chi connectivity index (χ4v) is 2.84. The monoisotopic (exact) mass is 330 g/mol. The molecular weight excluding hydrogens is 311 g/mol. The average Bonchev–Trinajstić information content (AvgIpc) is 2.40. The first-order valence-corrected chi connectivity index (χ1v) is 7.31. The molecule has 1 heterocycles. The standard InChI is InChI=1S/C14H20BrFN2O/c1-17-12(13-9-18(2)6-7-19-13)8-10-4-3-5-11(16)14(10)15/h3-5,12-13,17H,6-9H2,1-2H3. The Morgan fingerprint density at radius 1 is 1.58 bits per heavy atom. The summed E-state index contributed by atoms with van der Waals surface area (Å²) in [5.74, 6) is -0.214. The number of hydrogen-bond donors (Lipinski definition) is 1. The Morgan fingerprint density at radius 2 is 2.37 bits per heavy atom. The van der Waals surface area contributed by atoms with Crippen LogP contribution in [0, 0.1) is 5.82 Å². The molecule has 3 nitrogen and oxygen atoms in total. The maximum Gasteiger partial charge on any atom is 0.137 e. The predicted molar refractivity (Wildman–Crippen MR) is 77.9 cm³/mol. The van der Waals surface area contributed by atoms with Crippen LogP contribution in [0.4, 0.5) is 4.39 Å². The van der Waals surface area contributed by atoms with Gasteiger partial charge in [-0.3, -0.25) is 0 Å². The molecule has 2 unspecified atom stereocenters. The molecular formula is C14H20BrFN2O. The van der Waals surface area contributed by atoms with Gasteiger partial charge in [-0.05, 0) is 48.1 Å². The molecule has 1 fully saturated rings. The molecule has 0 bridgehead atoms. The van der Waals surface area contributed by atoms with E-state index in [0.717, 1.165) is 31.7 Å². The number of benzene rings is 1. The lowest BCUT2D eigenvalue weighted by molar-refractivity contribution is -0.0372. The molecule has 1 aromatic carbocycles. The highest BCUT2D eigenvalue weighted by Crippen LogP contribution is 2.23.